The number of hydrogen-bond donors (Lipinski definition) is 1. The second-order valence-corrected chi connectivity index (χ2v) is 15.8. The monoisotopic (exact) mass is 570 g/mol. The molecule has 1 N–H and O–H groups in total. The van der Waals surface area contributed by atoms with E-state index in [0.29, 0.717) is 37.1 Å². The summed E-state index contributed by atoms with van der Waals surface area (Å²) in [5.74, 6) is -0.129. The molecule has 2 aromatic rings. The number of esters is 1. The number of unbranched alkanes of at least 4 members (excludes halogenated alkanes) is 1. The molecule has 1 saturated heterocycles. The van der Waals surface area contributed by atoms with Crippen LogP contribution in [0.15, 0.2) is 42.5 Å². The van der Waals surface area contributed by atoms with Crippen molar-refractivity contribution in [3.8, 4) is 5.75 Å². The van der Waals surface area contributed by atoms with Gasteiger partial charge in [0.05, 0.1) is 39.0 Å². The Morgan fingerprint density at radius 2 is 1.88 bits per heavy atom. The van der Waals surface area contributed by atoms with Crippen molar-refractivity contribution in [1.29, 1.82) is 0 Å². The van der Waals surface area contributed by atoms with E-state index >= 15 is 0 Å². The first-order chi connectivity index (χ1) is 19.0. The van der Waals surface area contributed by atoms with Crippen LogP contribution in [0.5, 0.6) is 5.75 Å². The minimum Gasteiger partial charge on any atom is -0.497 e. The number of hydrogen-bond acceptors (Lipinski definition) is 8. The van der Waals surface area contributed by atoms with Gasteiger partial charge in [-0.15, -0.1) is 0 Å². The van der Waals surface area contributed by atoms with Gasteiger partial charge in [-0.3, -0.25) is 19.7 Å². The van der Waals surface area contributed by atoms with Crippen LogP contribution in [0.2, 0.25) is 18.6 Å². The van der Waals surface area contributed by atoms with Crippen molar-refractivity contribution < 1.29 is 33.8 Å². The summed E-state index contributed by atoms with van der Waals surface area (Å²) >= 11 is 0. The number of carbonyl (C=O) groups excluding carboxylic acids is 2. The lowest BCUT2D eigenvalue weighted by Crippen LogP contribution is -2.52. The Morgan fingerprint density at radius 1 is 1.18 bits per heavy atom. The van der Waals surface area contributed by atoms with Gasteiger partial charge in [0.2, 0.25) is 0 Å². The molecule has 2 aliphatic rings. The number of non-ortho nitro benzene ring substituents is 1. The quantitative estimate of drug-likeness (QED) is 0.142. The number of nitrogens with zero attached hydrogens (tertiary/aromatic N) is 2. The normalized spacial score (nSPS) is 23.9. The third-order valence-electron chi connectivity index (χ3n) is 8.68. The zero-order valence-corrected chi connectivity index (χ0v) is 24.7. The van der Waals surface area contributed by atoms with Crippen LogP contribution in [0, 0.1) is 16.0 Å². The van der Waals surface area contributed by atoms with E-state index in [1.54, 1.807) is 18.1 Å². The molecular weight excluding hydrogens is 532 g/mol. The first kappa shape index (κ1) is 29.7. The van der Waals surface area contributed by atoms with Crippen molar-refractivity contribution >= 4 is 36.5 Å². The van der Waals surface area contributed by atoms with Crippen molar-refractivity contribution in [2.45, 2.75) is 62.9 Å². The summed E-state index contributed by atoms with van der Waals surface area (Å²) < 4.78 is 16.8. The maximum Gasteiger partial charge on any atom is 0.305 e. The number of fused-ring (bicyclic) bond motifs is 2. The average molecular weight is 571 g/mol. The summed E-state index contributed by atoms with van der Waals surface area (Å²) in [5, 5.41) is 22.9. The summed E-state index contributed by atoms with van der Waals surface area (Å²) in [6.07, 6.45) is 1.26. The molecule has 11 heteroatoms. The number of nitro benzene ring substituents is 1. The van der Waals surface area contributed by atoms with Crippen LogP contribution < -0.4 is 14.8 Å². The number of anilines is 1. The van der Waals surface area contributed by atoms with Crippen LogP contribution in [-0.2, 0) is 24.7 Å². The molecule has 1 spiro atoms. The van der Waals surface area contributed by atoms with Crippen LogP contribution in [0.1, 0.15) is 38.2 Å². The second-order valence-electron chi connectivity index (χ2n) is 11.1. The minimum absolute atomic E-state index is 0.0663. The fourth-order valence-electron chi connectivity index (χ4n) is 6.68. The fourth-order valence-corrected chi connectivity index (χ4v) is 10.7. The predicted molar refractivity (Wildman–Crippen MR) is 153 cm³/mol. The highest BCUT2D eigenvalue weighted by atomic mass is 28.3. The summed E-state index contributed by atoms with van der Waals surface area (Å²) in [6, 6.07) is 12.5. The van der Waals surface area contributed by atoms with E-state index in [4.69, 9.17) is 14.2 Å². The van der Waals surface area contributed by atoms with E-state index in [0.717, 1.165) is 10.9 Å². The van der Waals surface area contributed by atoms with E-state index in [1.165, 1.54) is 19.2 Å². The predicted octanol–water partition coefficient (Wildman–Crippen LogP) is 3.89. The van der Waals surface area contributed by atoms with E-state index in [1.807, 2.05) is 19.1 Å². The topological polar surface area (TPSA) is 128 Å². The van der Waals surface area contributed by atoms with Crippen LogP contribution in [-0.4, -0.2) is 63.5 Å². The summed E-state index contributed by atoms with van der Waals surface area (Å²) in [6.45, 7) is 6.71. The molecule has 1 fully saturated rings. The van der Waals surface area contributed by atoms with Gasteiger partial charge in [0.15, 0.2) is 5.60 Å². The molecule has 0 bridgehead atoms. The Bertz CT molecular complexity index is 1270. The highest BCUT2D eigenvalue weighted by Crippen LogP contribution is 2.60. The van der Waals surface area contributed by atoms with Gasteiger partial charge in [-0.25, -0.2) is 0 Å². The number of amides is 1. The number of benzene rings is 2. The SMILES string of the molecule is COC(=O)CCCCN1C(=O)[C@]2(O[C@H](CCO)[C@@H]([Si](C)(C)c3ccc(OC)cc3)[C@@H]2C)c2cc([N+](=O)[O-])ccc21. The lowest BCUT2D eigenvalue weighted by Gasteiger charge is -2.37. The van der Waals surface area contributed by atoms with Gasteiger partial charge in [-0.1, -0.05) is 37.3 Å². The van der Waals surface area contributed by atoms with E-state index in [-0.39, 0.29) is 42.1 Å². The Balaban J connectivity index is 1.77. The van der Waals surface area contributed by atoms with E-state index in [2.05, 4.69) is 25.2 Å². The van der Waals surface area contributed by atoms with Gasteiger partial charge < -0.3 is 24.2 Å². The number of carbonyl (C=O) groups is 2. The molecule has 216 valence electrons. The molecule has 2 aromatic carbocycles. The highest BCUT2D eigenvalue weighted by molar-refractivity contribution is 6.91. The Kier molecular flexibility index (Phi) is 8.67. The summed E-state index contributed by atoms with van der Waals surface area (Å²) in [7, 11) is 0.618. The molecule has 0 aliphatic carbocycles. The highest BCUT2D eigenvalue weighted by Gasteiger charge is 2.66. The Labute approximate surface area is 235 Å². The smallest absolute Gasteiger partial charge is 0.305 e. The third-order valence-corrected chi connectivity index (χ3v) is 13.0. The largest absolute Gasteiger partial charge is 0.497 e. The molecule has 2 aliphatic heterocycles. The average Bonchev–Trinajstić information content (AvgIpc) is 3.37. The molecular formula is C29H38N2O8Si. The number of aliphatic hydroxyl groups excluding tert-OH is 1. The number of methoxy groups -OCH3 is 2. The molecule has 4 rings (SSSR count). The van der Waals surface area contributed by atoms with Crippen LogP contribution in [0.25, 0.3) is 0 Å². The van der Waals surface area contributed by atoms with Crippen LogP contribution in [0.4, 0.5) is 11.4 Å². The number of rotatable bonds is 11. The number of nitro groups is 1. The van der Waals surface area contributed by atoms with Gasteiger partial charge in [-0.05, 0) is 43.0 Å². The lowest BCUT2D eigenvalue weighted by molar-refractivity contribution is -0.385. The molecule has 0 unspecified atom stereocenters. The van der Waals surface area contributed by atoms with E-state index < -0.39 is 24.7 Å². The zero-order valence-electron chi connectivity index (χ0n) is 23.7. The summed E-state index contributed by atoms with van der Waals surface area (Å²) in [5.41, 5.74) is -0.498. The van der Waals surface area contributed by atoms with Crippen molar-refractivity contribution in [3.05, 3.63) is 58.1 Å². The molecule has 0 saturated carbocycles. The molecule has 2 heterocycles. The van der Waals surface area contributed by atoms with Gasteiger partial charge in [0.1, 0.15) is 5.75 Å². The maximum absolute atomic E-state index is 14.4. The Morgan fingerprint density at radius 3 is 2.48 bits per heavy atom. The lowest BCUT2D eigenvalue weighted by atomic mass is 9.82. The van der Waals surface area contributed by atoms with Gasteiger partial charge in [-0.2, -0.15) is 0 Å². The number of aliphatic hydroxyl groups is 1. The Hall–Kier alpha value is -3.28. The first-order valence-corrected chi connectivity index (χ1v) is 16.7. The molecule has 1 amide bonds. The van der Waals surface area contributed by atoms with Crippen molar-refractivity contribution in [3.63, 3.8) is 0 Å². The number of ether oxygens (including phenoxy) is 3. The summed E-state index contributed by atoms with van der Waals surface area (Å²) in [4.78, 5) is 38.9. The van der Waals surface area contributed by atoms with Crippen molar-refractivity contribution in [2.75, 3.05) is 32.3 Å². The zero-order chi connectivity index (χ0) is 29.2. The maximum atomic E-state index is 14.4. The van der Waals surface area contributed by atoms with Crippen molar-refractivity contribution in [1.82, 2.24) is 0 Å². The van der Waals surface area contributed by atoms with Crippen LogP contribution in [0.3, 0.4) is 0 Å². The van der Waals surface area contributed by atoms with Crippen LogP contribution >= 0.6 is 0 Å². The molecule has 40 heavy (non-hydrogen) atoms. The molecule has 0 aromatic heterocycles. The minimum atomic E-state index is -2.34. The van der Waals surface area contributed by atoms with E-state index in [9.17, 15) is 24.8 Å². The molecule has 10 nitrogen and oxygen atoms in total. The molecule has 4 atom stereocenters. The fraction of sp³-hybridized carbons (Fsp3) is 0.517. The second kappa shape index (κ2) is 11.7. The standard InChI is InChI=1S/C29H38N2O8Si/c1-19-27(40(4,5)22-12-10-21(37-2)11-13-22)25(15-17-32)39-29(19)23-18-20(31(35)36)9-14-24(23)30(28(29)34)16-7-6-8-26(33)38-3/h9-14,18-19,25,27,32H,6-8,15-17H2,1-5H3/t19-,25+,27-,29+/m0/s1. The molecule has 0 radical (unpaired) electrons. The van der Waals surface area contributed by atoms with Gasteiger partial charge in [0, 0.05) is 43.2 Å². The third kappa shape index (κ3) is 5.01. The van der Waals surface area contributed by atoms with Crippen molar-refractivity contribution in [2.24, 2.45) is 5.92 Å². The van der Waals surface area contributed by atoms with Gasteiger partial charge >= 0.3 is 5.97 Å². The first-order valence-electron chi connectivity index (χ1n) is 13.6. The van der Waals surface area contributed by atoms with Gasteiger partial charge in [0.25, 0.3) is 11.6 Å².